The Morgan fingerprint density at radius 3 is 2.11 bits per heavy atom. The van der Waals surface area contributed by atoms with Gasteiger partial charge in [0, 0.05) is 9.83 Å². The summed E-state index contributed by atoms with van der Waals surface area (Å²) in [4.78, 5) is 0.300. The van der Waals surface area contributed by atoms with Crippen LogP contribution in [0, 0.1) is 3.57 Å². The number of ether oxygens (including phenoxy) is 1. The summed E-state index contributed by atoms with van der Waals surface area (Å²) in [6.45, 7) is 0.467. The molecule has 0 bridgehead atoms. The molecule has 19 heavy (non-hydrogen) atoms. The monoisotopic (exact) mass is 388 g/mol. The molecule has 0 spiro atoms. The first-order chi connectivity index (χ1) is 8.95. The molecule has 0 aliphatic carbocycles. The second kappa shape index (κ2) is 5.92. The summed E-state index contributed by atoms with van der Waals surface area (Å²) >= 11 is 2.25. The number of halogens is 1. The molecule has 3 nitrogen and oxygen atoms in total. The molecule has 100 valence electrons. The molecule has 0 aliphatic heterocycles. The zero-order chi connectivity index (χ0) is 13.9. The zero-order valence-electron chi connectivity index (χ0n) is 10.3. The third-order valence-corrected chi connectivity index (χ3v) is 4.42. The van der Waals surface area contributed by atoms with Crippen molar-refractivity contribution in [1.82, 2.24) is 0 Å². The van der Waals surface area contributed by atoms with Crippen LogP contribution in [0.15, 0.2) is 53.4 Å². The van der Waals surface area contributed by atoms with Crippen molar-refractivity contribution in [2.45, 2.75) is 11.5 Å². The van der Waals surface area contributed by atoms with Gasteiger partial charge in [-0.3, -0.25) is 0 Å². The topological polar surface area (TPSA) is 43.4 Å². The fraction of sp³-hybridized carbons (Fsp3) is 0.143. The Bertz CT molecular complexity index is 646. The molecule has 0 aromatic heterocycles. The Morgan fingerprint density at radius 1 is 1.00 bits per heavy atom. The Balaban J connectivity index is 2.02. The summed E-state index contributed by atoms with van der Waals surface area (Å²) in [5.41, 5.74) is 1.08. The number of rotatable bonds is 4. The van der Waals surface area contributed by atoms with Crippen molar-refractivity contribution in [3.63, 3.8) is 0 Å². The lowest BCUT2D eigenvalue weighted by Crippen LogP contribution is -1.98. The molecule has 0 radical (unpaired) electrons. The highest BCUT2D eigenvalue weighted by Gasteiger charge is 2.06. The van der Waals surface area contributed by atoms with Crippen LogP contribution in [0.5, 0.6) is 5.75 Å². The summed E-state index contributed by atoms with van der Waals surface area (Å²) in [6.07, 6.45) is 1.19. The van der Waals surface area contributed by atoms with Crippen molar-refractivity contribution in [2.24, 2.45) is 0 Å². The molecule has 0 saturated carbocycles. The van der Waals surface area contributed by atoms with Crippen LogP contribution in [0.25, 0.3) is 0 Å². The van der Waals surface area contributed by atoms with Gasteiger partial charge in [-0.25, -0.2) is 8.42 Å². The van der Waals surface area contributed by atoms with Gasteiger partial charge in [-0.05, 0) is 64.6 Å². The summed E-state index contributed by atoms with van der Waals surface area (Å²) < 4.78 is 29.4. The second-order valence-electron chi connectivity index (χ2n) is 4.16. The first kappa shape index (κ1) is 14.3. The van der Waals surface area contributed by atoms with Crippen LogP contribution >= 0.6 is 22.6 Å². The minimum Gasteiger partial charge on any atom is -0.489 e. The normalized spacial score (nSPS) is 11.3. The van der Waals surface area contributed by atoms with Gasteiger partial charge in [0.2, 0.25) is 0 Å². The third-order valence-electron chi connectivity index (χ3n) is 2.57. The lowest BCUT2D eigenvalue weighted by Gasteiger charge is -2.07. The first-order valence-corrected chi connectivity index (χ1v) is 8.59. The molecule has 0 amide bonds. The quantitative estimate of drug-likeness (QED) is 0.756. The smallest absolute Gasteiger partial charge is 0.175 e. The van der Waals surface area contributed by atoms with Crippen molar-refractivity contribution >= 4 is 32.4 Å². The van der Waals surface area contributed by atoms with E-state index in [0.717, 1.165) is 5.56 Å². The molecule has 0 N–H and O–H groups in total. The molecule has 0 unspecified atom stereocenters. The Morgan fingerprint density at radius 2 is 1.58 bits per heavy atom. The van der Waals surface area contributed by atoms with Crippen molar-refractivity contribution in [3.05, 3.63) is 57.7 Å². The molecule has 2 aromatic rings. The highest BCUT2D eigenvalue weighted by Crippen LogP contribution is 2.17. The number of hydrogen-bond donors (Lipinski definition) is 0. The van der Waals surface area contributed by atoms with Gasteiger partial charge in [0.25, 0.3) is 0 Å². The van der Waals surface area contributed by atoms with Gasteiger partial charge >= 0.3 is 0 Å². The number of benzene rings is 2. The molecule has 2 rings (SSSR count). The maximum absolute atomic E-state index is 11.3. The van der Waals surface area contributed by atoms with E-state index in [-0.39, 0.29) is 0 Å². The molecule has 5 heteroatoms. The minimum absolute atomic E-state index is 0.300. The largest absolute Gasteiger partial charge is 0.489 e. The maximum atomic E-state index is 11.3. The molecule has 0 atom stereocenters. The van der Waals surface area contributed by atoms with Crippen LogP contribution in [0.4, 0.5) is 0 Å². The highest BCUT2D eigenvalue weighted by atomic mass is 127. The van der Waals surface area contributed by atoms with Gasteiger partial charge in [0.1, 0.15) is 12.4 Å². The van der Waals surface area contributed by atoms with Crippen LogP contribution in [-0.4, -0.2) is 14.7 Å². The lowest BCUT2D eigenvalue weighted by atomic mass is 10.2. The number of hydrogen-bond acceptors (Lipinski definition) is 3. The van der Waals surface area contributed by atoms with E-state index in [9.17, 15) is 8.42 Å². The molecule has 0 aliphatic rings. The molecule has 0 fully saturated rings. The van der Waals surface area contributed by atoms with E-state index in [4.69, 9.17) is 4.74 Å². The standard InChI is InChI=1S/C14H13IO3S/c1-19(16,17)14-8-6-13(7-9-14)18-10-11-2-4-12(15)5-3-11/h2-9H,10H2,1H3. The fourth-order valence-electron chi connectivity index (χ4n) is 1.53. The van der Waals surface area contributed by atoms with E-state index in [1.165, 1.54) is 9.83 Å². The minimum atomic E-state index is -3.15. The van der Waals surface area contributed by atoms with Crippen LogP contribution in [0.1, 0.15) is 5.56 Å². The van der Waals surface area contributed by atoms with E-state index in [2.05, 4.69) is 22.6 Å². The van der Waals surface area contributed by atoms with E-state index in [1.54, 1.807) is 24.3 Å². The lowest BCUT2D eigenvalue weighted by molar-refractivity contribution is 0.306. The molecule has 2 aromatic carbocycles. The molecule has 0 saturated heterocycles. The molecular formula is C14H13IO3S. The van der Waals surface area contributed by atoms with Gasteiger partial charge in [0.15, 0.2) is 9.84 Å². The Kier molecular flexibility index (Phi) is 4.46. The molecule has 0 heterocycles. The van der Waals surface area contributed by atoms with Crippen LogP contribution < -0.4 is 4.74 Å². The van der Waals surface area contributed by atoms with E-state index in [0.29, 0.717) is 17.3 Å². The van der Waals surface area contributed by atoms with Crippen molar-refractivity contribution in [1.29, 1.82) is 0 Å². The predicted octanol–water partition coefficient (Wildman–Crippen LogP) is 3.27. The van der Waals surface area contributed by atoms with Crippen molar-refractivity contribution in [2.75, 3.05) is 6.26 Å². The van der Waals surface area contributed by atoms with Gasteiger partial charge < -0.3 is 4.74 Å². The summed E-state index contributed by atoms with van der Waals surface area (Å²) in [7, 11) is -3.15. The number of sulfone groups is 1. The van der Waals surface area contributed by atoms with Crippen LogP contribution in [-0.2, 0) is 16.4 Å². The predicted molar refractivity (Wildman–Crippen MR) is 83.0 cm³/mol. The third kappa shape index (κ3) is 4.21. The average Bonchev–Trinajstić information content (AvgIpc) is 2.37. The zero-order valence-corrected chi connectivity index (χ0v) is 13.3. The van der Waals surface area contributed by atoms with Gasteiger partial charge in [0.05, 0.1) is 4.90 Å². The van der Waals surface area contributed by atoms with Crippen LogP contribution in [0.2, 0.25) is 0 Å². The van der Waals surface area contributed by atoms with Crippen molar-refractivity contribution < 1.29 is 13.2 Å². The van der Waals surface area contributed by atoms with Gasteiger partial charge in [-0.1, -0.05) is 12.1 Å². The maximum Gasteiger partial charge on any atom is 0.175 e. The SMILES string of the molecule is CS(=O)(=O)c1ccc(OCc2ccc(I)cc2)cc1. The van der Waals surface area contributed by atoms with Crippen molar-refractivity contribution in [3.8, 4) is 5.75 Å². The summed E-state index contributed by atoms with van der Waals surface area (Å²) in [5.74, 6) is 0.658. The van der Waals surface area contributed by atoms with Crippen LogP contribution in [0.3, 0.4) is 0 Å². The highest BCUT2D eigenvalue weighted by molar-refractivity contribution is 14.1. The Labute approximate surface area is 126 Å². The van der Waals surface area contributed by atoms with Gasteiger partial charge in [-0.2, -0.15) is 0 Å². The van der Waals surface area contributed by atoms with E-state index in [1.807, 2.05) is 24.3 Å². The van der Waals surface area contributed by atoms with E-state index >= 15 is 0 Å². The van der Waals surface area contributed by atoms with E-state index < -0.39 is 9.84 Å². The summed E-state index contributed by atoms with van der Waals surface area (Å²) in [5, 5.41) is 0. The summed E-state index contributed by atoms with van der Waals surface area (Å²) in [6, 6.07) is 14.5. The first-order valence-electron chi connectivity index (χ1n) is 5.62. The average molecular weight is 388 g/mol. The Hall–Kier alpha value is -1.08. The fourth-order valence-corrected chi connectivity index (χ4v) is 2.52. The van der Waals surface area contributed by atoms with Gasteiger partial charge in [-0.15, -0.1) is 0 Å². The molecular weight excluding hydrogens is 375 g/mol. The second-order valence-corrected chi connectivity index (χ2v) is 7.42.